The molecule has 1 saturated carbocycles. The number of nitrogens with zero attached hydrogens (tertiary/aromatic N) is 2. The van der Waals surface area contributed by atoms with Gasteiger partial charge in [0.1, 0.15) is 0 Å². The van der Waals surface area contributed by atoms with Gasteiger partial charge in [-0.15, -0.1) is 0 Å². The number of carbonyl (C=O) groups excluding carboxylic acids is 2. The number of carboxylic acid groups (broad SMARTS) is 1. The zero-order chi connectivity index (χ0) is 36.9. The van der Waals surface area contributed by atoms with Gasteiger partial charge in [0, 0.05) is 50.1 Å². The number of piperazine rings is 1. The SMILES string of the molecule is O=C(O)CCCC(=O)N1C[C@H]2CC(c3ccc(CCCOc4c(F)ccc(F)c4F)cc3)=C(C(=O)N(CCc3cccc(F)c3F)C3CC3)[C@@H](C1)N2. The lowest BCUT2D eigenvalue weighted by Gasteiger charge is -2.45. The van der Waals surface area contributed by atoms with Crippen LogP contribution in [0, 0.1) is 29.1 Å². The van der Waals surface area contributed by atoms with E-state index in [0.717, 1.165) is 41.7 Å². The summed E-state index contributed by atoms with van der Waals surface area (Å²) in [5.41, 5.74) is 3.23. The van der Waals surface area contributed by atoms with E-state index >= 15 is 0 Å². The van der Waals surface area contributed by atoms with E-state index in [0.29, 0.717) is 37.4 Å². The molecule has 1 aliphatic carbocycles. The number of ether oxygens (including phenoxy) is 1. The fraction of sp³-hybridized carbons (Fsp3) is 0.410. The van der Waals surface area contributed by atoms with Crippen molar-refractivity contribution >= 4 is 23.4 Å². The molecule has 0 spiro atoms. The van der Waals surface area contributed by atoms with Crippen molar-refractivity contribution in [2.24, 2.45) is 0 Å². The molecule has 8 nitrogen and oxygen atoms in total. The lowest BCUT2D eigenvalue weighted by atomic mass is 9.82. The first-order chi connectivity index (χ1) is 25.0. The van der Waals surface area contributed by atoms with Gasteiger partial charge in [-0.1, -0.05) is 36.4 Å². The first kappa shape index (κ1) is 37.0. The van der Waals surface area contributed by atoms with E-state index in [4.69, 9.17) is 9.84 Å². The van der Waals surface area contributed by atoms with Crippen LogP contribution in [0.3, 0.4) is 0 Å². The predicted molar refractivity (Wildman–Crippen MR) is 182 cm³/mol. The van der Waals surface area contributed by atoms with Crippen molar-refractivity contribution in [1.82, 2.24) is 15.1 Å². The van der Waals surface area contributed by atoms with Crippen LogP contribution in [-0.4, -0.2) is 77.1 Å². The molecule has 2 fully saturated rings. The molecule has 0 aromatic heterocycles. The average molecular weight is 726 g/mol. The largest absolute Gasteiger partial charge is 0.488 e. The second-order valence-electron chi connectivity index (χ2n) is 13.6. The van der Waals surface area contributed by atoms with E-state index in [1.54, 1.807) is 9.80 Å². The van der Waals surface area contributed by atoms with Gasteiger partial charge in [-0.3, -0.25) is 14.4 Å². The monoisotopic (exact) mass is 725 g/mol. The molecular formula is C39H40F5N3O5. The van der Waals surface area contributed by atoms with Crippen LogP contribution in [0.15, 0.2) is 60.2 Å². The first-order valence-corrected chi connectivity index (χ1v) is 17.6. The maximum absolute atomic E-state index is 14.6. The normalized spacial score (nSPS) is 18.4. The number of fused-ring (bicyclic) bond motifs is 2. The summed E-state index contributed by atoms with van der Waals surface area (Å²) >= 11 is 0. The zero-order valence-corrected chi connectivity index (χ0v) is 28.5. The summed E-state index contributed by atoms with van der Waals surface area (Å²) in [6.07, 6.45) is 3.20. The van der Waals surface area contributed by atoms with E-state index in [-0.39, 0.29) is 74.8 Å². The third-order valence-electron chi connectivity index (χ3n) is 9.83. The van der Waals surface area contributed by atoms with Crippen LogP contribution in [0.4, 0.5) is 22.0 Å². The third kappa shape index (κ3) is 8.63. The molecule has 2 bridgehead atoms. The summed E-state index contributed by atoms with van der Waals surface area (Å²) < 4.78 is 75.1. The van der Waals surface area contributed by atoms with Crippen LogP contribution in [0.25, 0.3) is 5.57 Å². The smallest absolute Gasteiger partial charge is 0.303 e. The highest BCUT2D eigenvalue weighted by Gasteiger charge is 2.43. The Balaban J connectivity index is 1.22. The summed E-state index contributed by atoms with van der Waals surface area (Å²) in [7, 11) is 0. The number of aliphatic carboxylic acids is 1. The Labute approximate surface area is 298 Å². The third-order valence-corrected chi connectivity index (χ3v) is 9.83. The molecule has 13 heteroatoms. The minimum Gasteiger partial charge on any atom is -0.488 e. The molecule has 2 aliphatic heterocycles. The van der Waals surface area contributed by atoms with Gasteiger partial charge >= 0.3 is 5.97 Å². The molecule has 6 rings (SSSR count). The van der Waals surface area contributed by atoms with Crippen molar-refractivity contribution in [2.75, 3.05) is 26.2 Å². The van der Waals surface area contributed by atoms with Crippen LogP contribution in [-0.2, 0) is 27.2 Å². The van der Waals surface area contributed by atoms with E-state index in [1.165, 1.54) is 12.1 Å². The Bertz CT molecular complexity index is 1850. The molecule has 276 valence electrons. The second kappa shape index (κ2) is 16.3. The van der Waals surface area contributed by atoms with Gasteiger partial charge in [0.15, 0.2) is 29.0 Å². The fourth-order valence-electron chi connectivity index (χ4n) is 7.06. The molecule has 2 amide bonds. The Morgan fingerprint density at radius 3 is 2.31 bits per heavy atom. The fourth-order valence-corrected chi connectivity index (χ4v) is 7.06. The van der Waals surface area contributed by atoms with Crippen molar-refractivity contribution in [3.05, 3.63) is 106 Å². The number of hydrogen-bond donors (Lipinski definition) is 2. The van der Waals surface area contributed by atoms with E-state index in [2.05, 4.69) is 5.32 Å². The quantitative estimate of drug-likeness (QED) is 0.110. The highest BCUT2D eigenvalue weighted by atomic mass is 19.2. The molecule has 0 radical (unpaired) electrons. The number of aryl methyl sites for hydroxylation is 1. The summed E-state index contributed by atoms with van der Waals surface area (Å²) in [5.74, 6) is -7.57. The summed E-state index contributed by atoms with van der Waals surface area (Å²) in [4.78, 5) is 42.2. The molecular weight excluding hydrogens is 685 g/mol. The van der Waals surface area contributed by atoms with Gasteiger partial charge in [-0.05, 0) is 85.4 Å². The van der Waals surface area contributed by atoms with E-state index in [9.17, 15) is 36.3 Å². The average Bonchev–Trinajstić information content (AvgIpc) is 3.96. The standard InChI is InChI=1S/C39H40F5N3O5/c40-29-6-1-5-25(36(29)43)17-18-47(27-13-14-27)39(51)35-28(20-26-21-46(22-32(35)45-26)33(48)7-2-8-34(49)50)24-11-9-23(10-12-24)4-3-19-52-38-31(42)16-15-30(41)37(38)44/h1,5-6,9-12,15-16,26-27,32,45H,2-4,7-8,13-14,17-22H2,(H,49,50)/t26-,32-/m1/s1. The van der Waals surface area contributed by atoms with Crippen molar-refractivity contribution in [3.8, 4) is 5.75 Å². The van der Waals surface area contributed by atoms with Gasteiger partial charge in [-0.2, -0.15) is 4.39 Å². The Kier molecular flexibility index (Phi) is 11.6. The zero-order valence-electron chi connectivity index (χ0n) is 28.5. The summed E-state index contributed by atoms with van der Waals surface area (Å²) in [6, 6.07) is 12.4. The van der Waals surface area contributed by atoms with Crippen molar-refractivity contribution < 1.29 is 46.2 Å². The maximum Gasteiger partial charge on any atom is 0.303 e. The number of carboxylic acids is 1. The Hall–Kier alpha value is -4.78. The lowest BCUT2D eigenvalue weighted by Crippen LogP contribution is -2.62. The Morgan fingerprint density at radius 1 is 0.846 bits per heavy atom. The maximum atomic E-state index is 14.6. The van der Waals surface area contributed by atoms with E-state index in [1.807, 2.05) is 24.3 Å². The van der Waals surface area contributed by atoms with Crippen LogP contribution in [0.5, 0.6) is 5.75 Å². The van der Waals surface area contributed by atoms with Gasteiger partial charge in [0.25, 0.3) is 5.91 Å². The number of nitrogens with one attached hydrogen (secondary N) is 1. The topological polar surface area (TPSA) is 99.2 Å². The molecule has 2 N–H and O–H groups in total. The first-order valence-electron chi connectivity index (χ1n) is 17.6. The summed E-state index contributed by atoms with van der Waals surface area (Å²) in [5, 5.41) is 12.5. The van der Waals surface area contributed by atoms with Crippen molar-refractivity contribution in [2.45, 2.75) is 75.9 Å². The molecule has 1 saturated heterocycles. The lowest BCUT2D eigenvalue weighted by molar-refractivity contribution is -0.138. The highest BCUT2D eigenvalue weighted by Crippen LogP contribution is 2.37. The van der Waals surface area contributed by atoms with Crippen molar-refractivity contribution in [1.29, 1.82) is 0 Å². The number of benzene rings is 3. The number of hydrogen-bond acceptors (Lipinski definition) is 5. The van der Waals surface area contributed by atoms with Crippen LogP contribution in [0.2, 0.25) is 0 Å². The molecule has 0 unspecified atom stereocenters. The van der Waals surface area contributed by atoms with Gasteiger partial charge in [0.05, 0.1) is 12.6 Å². The van der Waals surface area contributed by atoms with Crippen molar-refractivity contribution in [3.63, 3.8) is 0 Å². The minimum atomic E-state index is -1.37. The van der Waals surface area contributed by atoms with Gasteiger partial charge < -0.3 is 25.0 Å². The molecule has 2 atom stereocenters. The van der Waals surface area contributed by atoms with Crippen LogP contribution >= 0.6 is 0 Å². The van der Waals surface area contributed by atoms with Gasteiger partial charge in [0.2, 0.25) is 11.7 Å². The van der Waals surface area contributed by atoms with E-state index < -0.39 is 46.8 Å². The number of amides is 2. The van der Waals surface area contributed by atoms with Gasteiger partial charge in [-0.25, -0.2) is 17.6 Å². The molecule has 2 heterocycles. The highest BCUT2D eigenvalue weighted by molar-refractivity contribution is 6.03. The summed E-state index contributed by atoms with van der Waals surface area (Å²) in [6.45, 7) is 0.747. The van der Waals surface area contributed by atoms with Crippen LogP contribution < -0.4 is 10.1 Å². The Morgan fingerprint density at radius 2 is 1.58 bits per heavy atom. The minimum absolute atomic E-state index is 0.0417. The number of rotatable bonds is 15. The molecule has 3 aromatic carbocycles. The second-order valence-corrected chi connectivity index (χ2v) is 13.6. The molecule has 3 aromatic rings. The number of carbonyl (C=O) groups is 3. The molecule has 52 heavy (non-hydrogen) atoms. The molecule has 3 aliphatic rings. The van der Waals surface area contributed by atoms with Crippen LogP contribution in [0.1, 0.15) is 61.6 Å². The predicted octanol–water partition coefficient (Wildman–Crippen LogP) is 6.21. The number of halogens is 5.